The Hall–Kier alpha value is -1.31. The molecule has 1 aromatic carbocycles. The van der Waals surface area contributed by atoms with Crippen LogP contribution in [0.25, 0.3) is 0 Å². The summed E-state index contributed by atoms with van der Waals surface area (Å²) in [7, 11) is 0. The lowest BCUT2D eigenvalue weighted by atomic mass is 10.1. The van der Waals surface area contributed by atoms with Crippen molar-refractivity contribution in [3.05, 3.63) is 42.3 Å². The fourth-order valence-electron chi connectivity index (χ4n) is 1.03. The number of primary amides is 1. The minimum atomic E-state index is -0.342. The summed E-state index contributed by atoms with van der Waals surface area (Å²) in [4.78, 5) is 10.4. The Morgan fingerprint density at radius 3 is 2.58 bits per heavy atom. The van der Waals surface area contributed by atoms with Crippen molar-refractivity contribution in [1.82, 2.24) is 0 Å². The Balaban J connectivity index is 2.29. The third-order valence-electron chi connectivity index (χ3n) is 1.62. The Labute approximate surface area is 72.4 Å². The fourth-order valence-corrected chi connectivity index (χ4v) is 1.03. The summed E-state index contributed by atoms with van der Waals surface area (Å²) in [5, 5.41) is 0. The predicted molar refractivity (Wildman–Crippen MR) is 48.3 cm³/mol. The van der Waals surface area contributed by atoms with Gasteiger partial charge in [-0.15, -0.1) is 0 Å². The van der Waals surface area contributed by atoms with Gasteiger partial charge in [0.1, 0.15) is 0 Å². The molecule has 0 unspecified atom stereocenters. The lowest BCUT2D eigenvalue weighted by Crippen LogP contribution is -2.10. The topological polar surface area (TPSA) is 43.1 Å². The fraction of sp³-hybridized carbons (Fsp3) is 0.200. The number of carbonyl (C=O) groups excluding carboxylic acids is 1. The molecule has 0 atom stereocenters. The molecule has 1 rings (SSSR count). The van der Waals surface area contributed by atoms with Gasteiger partial charge < -0.3 is 5.73 Å². The molecule has 1 amide bonds. The van der Waals surface area contributed by atoms with Crippen molar-refractivity contribution in [2.45, 2.75) is 12.8 Å². The van der Waals surface area contributed by atoms with Crippen LogP contribution in [0.3, 0.4) is 0 Å². The molecule has 0 saturated carbocycles. The molecule has 0 aliphatic carbocycles. The first kappa shape index (κ1) is 8.78. The van der Waals surface area contributed by atoms with Gasteiger partial charge in [-0.25, -0.2) is 0 Å². The average Bonchev–Trinajstić information content (AvgIpc) is 2.05. The summed E-state index contributed by atoms with van der Waals surface area (Å²) in [6.45, 7) is 0. The number of nitrogens with two attached hydrogens (primary N) is 1. The van der Waals surface area contributed by atoms with Crippen molar-refractivity contribution in [3.63, 3.8) is 0 Å². The number of hydrogen-bond donors (Lipinski definition) is 1. The zero-order valence-electron chi connectivity index (χ0n) is 6.86. The lowest BCUT2D eigenvalue weighted by molar-refractivity contribution is -0.115. The van der Waals surface area contributed by atoms with Gasteiger partial charge in [-0.3, -0.25) is 4.79 Å². The molecule has 12 heavy (non-hydrogen) atoms. The second-order valence-corrected chi connectivity index (χ2v) is 2.63. The summed E-state index contributed by atoms with van der Waals surface area (Å²) in [5.41, 5.74) is 6.19. The first-order valence-corrected chi connectivity index (χ1v) is 3.95. The van der Waals surface area contributed by atoms with Crippen molar-refractivity contribution in [2.24, 2.45) is 5.73 Å². The van der Waals surface area contributed by atoms with Gasteiger partial charge in [-0.2, -0.15) is 0 Å². The molecule has 2 heteroatoms. The average molecular weight is 162 g/mol. The summed E-state index contributed by atoms with van der Waals surface area (Å²) < 4.78 is 0. The van der Waals surface area contributed by atoms with Crippen molar-refractivity contribution in [2.75, 3.05) is 0 Å². The second-order valence-electron chi connectivity index (χ2n) is 2.63. The molecule has 1 aromatic rings. The Morgan fingerprint density at radius 1 is 1.33 bits per heavy atom. The molecular formula is C10H12NO. The molecule has 0 spiro atoms. The van der Waals surface area contributed by atoms with Crippen LogP contribution in [-0.4, -0.2) is 5.91 Å². The number of carbonyl (C=O) groups is 1. The van der Waals surface area contributed by atoms with Crippen molar-refractivity contribution in [1.29, 1.82) is 0 Å². The van der Waals surface area contributed by atoms with E-state index in [0.717, 1.165) is 12.8 Å². The molecule has 0 aliphatic heterocycles. The molecule has 63 valence electrons. The Morgan fingerprint density at radius 2 is 2.00 bits per heavy atom. The van der Waals surface area contributed by atoms with E-state index in [9.17, 15) is 4.79 Å². The van der Waals surface area contributed by atoms with E-state index in [-0.39, 0.29) is 5.91 Å². The molecule has 0 aliphatic rings. The monoisotopic (exact) mass is 162 g/mol. The third-order valence-corrected chi connectivity index (χ3v) is 1.62. The minimum Gasteiger partial charge on any atom is -0.369 e. The van der Waals surface area contributed by atoms with Crippen LogP contribution in [0.5, 0.6) is 0 Å². The van der Waals surface area contributed by atoms with E-state index in [1.54, 1.807) is 0 Å². The quantitative estimate of drug-likeness (QED) is 0.712. The van der Waals surface area contributed by atoms with E-state index in [4.69, 9.17) is 5.73 Å². The molecule has 0 heterocycles. The molecule has 0 aromatic heterocycles. The highest BCUT2D eigenvalue weighted by Gasteiger charge is 1.95. The van der Waals surface area contributed by atoms with E-state index in [2.05, 4.69) is 0 Å². The maximum atomic E-state index is 10.4. The predicted octanol–water partition coefficient (Wildman–Crippen LogP) is 1.31. The van der Waals surface area contributed by atoms with Crippen LogP contribution in [0.2, 0.25) is 0 Å². The van der Waals surface area contributed by atoms with Gasteiger partial charge in [0.2, 0.25) is 5.91 Å². The zero-order chi connectivity index (χ0) is 8.81. The van der Waals surface area contributed by atoms with E-state index < -0.39 is 0 Å². The van der Waals surface area contributed by atoms with Gasteiger partial charge in [0, 0.05) is 6.42 Å². The van der Waals surface area contributed by atoms with Gasteiger partial charge in [0.25, 0.3) is 0 Å². The smallest absolute Gasteiger partial charge is 0.221 e. The highest BCUT2D eigenvalue weighted by molar-refractivity contribution is 5.82. The first-order valence-electron chi connectivity index (χ1n) is 3.95. The van der Waals surface area contributed by atoms with Crippen LogP contribution in [-0.2, 0) is 11.2 Å². The number of rotatable bonds is 4. The Bertz CT molecular complexity index is 243. The highest BCUT2D eigenvalue weighted by Crippen LogP contribution is 2.02. The second kappa shape index (κ2) is 4.54. The highest BCUT2D eigenvalue weighted by atomic mass is 16.1. The van der Waals surface area contributed by atoms with Crippen LogP contribution < -0.4 is 5.73 Å². The van der Waals surface area contributed by atoms with Gasteiger partial charge >= 0.3 is 0 Å². The number of hydrogen-bond acceptors (Lipinski definition) is 1. The molecule has 2 N–H and O–H groups in total. The van der Waals surface area contributed by atoms with E-state index >= 15 is 0 Å². The van der Waals surface area contributed by atoms with Gasteiger partial charge in [-0.1, -0.05) is 30.3 Å². The SMILES string of the molecule is NC(=O)[CH]CCc1ccccc1. The number of aryl methyl sites for hydroxylation is 1. The summed E-state index contributed by atoms with van der Waals surface area (Å²) in [5.74, 6) is -0.342. The van der Waals surface area contributed by atoms with E-state index in [0.29, 0.717) is 0 Å². The Kier molecular flexibility index (Phi) is 3.33. The van der Waals surface area contributed by atoms with Crippen molar-refractivity contribution in [3.8, 4) is 0 Å². The van der Waals surface area contributed by atoms with Gasteiger partial charge in [0.15, 0.2) is 0 Å². The van der Waals surface area contributed by atoms with E-state index in [1.165, 1.54) is 12.0 Å². The first-order chi connectivity index (χ1) is 5.79. The normalized spacial score (nSPS) is 9.67. The molecule has 2 nitrogen and oxygen atoms in total. The van der Waals surface area contributed by atoms with E-state index in [1.807, 2.05) is 30.3 Å². The zero-order valence-corrected chi connectivity index (χ0v) is 6.86. The number of amides is 1. The lowest BCUT2D eigenvalue weighted by Gasteiger charge is -1.97. The summed E-state index contributed by atoms with van der Waals surface area (Å²) in [6.07, 6.45) is 3.11. The van der Waals surface area contributed by atoms with Crippen LogP contribution in [0, 0.1) is 6.42 Å². The minimum absolute atomic E-state index is 0.342. The largest absolute Gasteiger partial charge is 0.369 e. The molecular weight excluding hydrogens is 150 g/mol. The van der Waals surface area contributed by atoms with Crippen molar-refractivity contribution >= 4 is 5.91 Å². The summed E-state index contributed by atoms with van der Waals surface area (Å²) >= 11 is 0. The number of benzene rings is 1. The van der Waals surface area contributed by atoms with Gasteiger partial charge in [0.05, 0.1) is 0 Å². The van der Waals surface area contributed by atoms with Crippen LogP contribution in [0.1, 0.15) is 12.0 Å². The van der Waals surface area contributed by atoms with Crippen molar-refractivity contribution < 1.29 is 4.79 Å². The van der Waals surface area contributed by atoms with Crippen LogP contribution in [0.4, 0.5) is 0 Å². The van der Waals surface area contributed by atoms with Gasteiger partial charge in [-0.05, 0) is 18.4 Å². The molecule has 0 bridgehead atoms. The maximum absolute atomic E-state index is 10.4. The van der Waals surface area contributed by atoms with Crippen LogP contribution in [0.15, 0.2) is 30.3 Å². The maximum Gasteiger partial charge on any atom is 0.221 e. The third kappa shape index (κ3) is 3.19. The van der Waals surface area contributed by atoms with Crippen LogP contribution >= 0.6 is 0 Å². The molecule has 0 saturated heterocycles. The standard InChI is InChI=1S/C10H12NO/c11-10(12)8-4-7-9-5-2-1-3-6-9/h1-3,5-6,8H,4,7H2,(H2,11,12). The molecule has 1 radical (unpaired) electrons. The molecule has 0 fully saturated rings. The summed E-state index contributed by atoms with van der Waals surface area (Å²) in [6, 6.07) is 10.0.